The summed E-state index contributed by atoms with van der Waals surface area (Å²) in [5.41, 5.74) is 0.917. The molecule has 19 heavy (non-hydrogen) atoms. The highest BCUT2D eigenvalue weighted by molar-refractivity contribution is 9.10. The molecule has 0 radical (unpaired) electrons. The third kappa shape index (κ3) is 5.24. The second-order valence-electron chi connectivity index (χ2n) is 4.70. The molecule has 1 aromatic heterocycles. The number of hydrogen-bond donors (Lipinski definition) is 1. The first-order valence-corrected chi connectivity index (χ1v) is 9.36. The summed E-state index contributed by atoms with van der Waals surface area (Å²) in [4.78, 5) is 0. The molecule has 0 aliphatic carbocycles. The van der Waals surface area contributed by atoms with Crippen molar-refractivity contribution in [3.63, 3.8) is 0 Å². The van der Waals surface area contributed by atoms with Crippen molar-refractivity contribution >= 4 is 25.8 Å². The maximum Gasteiger partial charge on any atom is 0.149 e. The standard InChI is InChI=1S/C12H22BrN3O2S/c1-4-6-14-11(9-19(3,17)18)12-10(13)8-15-16(12)7-5-2/h8,11,14H,4-7,9H2,1-3H3. The summed E-state index contributed by atoms with van der Waals surface area (Å²) in [5.74, 6) is 0.0843. The minimum Gasteiger partial charge on any atom is -0.308 e. The zero-order chi connectivity index (χ0) is 14.5. The molecule has 0 saturated carbocycles. The molecule has 110 valence electrons. The topological polar surface area (TPSA) is 64.0 Å². The van der Waals surface area contributed by atoms with Crippen LogP contribution in [0.2, 0.25) is 0 Å². The van der Waals surface area contributed by atoms with E-state index >= 15 is 0 Å². The number of nitrogens with one attached hydrogen (secondary N) is 1. The van der Waals surface area contributed by atoms with Gasteiger partial charge in [0.25, 0.3) is 0 Å². The highest BCUT2D eigenvalue weighted by Gasteiger charge is 2.23. The van der Waals surface area contributed by atoms with Gasteiger partial charge >= 0.3 is 0 Å². The van der Waals surface area contributed by atoms with E-state index < -0.39 is 9.84 Å². The number of hydrogen-bond acceptors (Lipinski definition) is 4. The molecular weight excluding hydrogens is 330 g/mol. The molecule has 1 rings (SSSR count). The zero-order valence-electron chi connectivity index (χ0n) is 11.7. The lowest BCUT2D eigenvalue weighted by Crippen LogP contribution is -2.30. The Balaban J connectivity index is 3.05. The number of nitrogens with zero attached hydrogens (tertiary/aromatic N) is 2. The molecule has 0 amide bonds. The Morgan fingerprint density at radius 3 is 2.63 bits per heavy atom. The first-order valence-electron chi connectivity index (χ1n) is 6.51. The van der Waals surface area contributed by atoms with Crippen molar-refractivity contribution in [2.45, 2.75) is 39.3 Å². The average Bonchev–Trinajstić information content (AvgIpc) is 2.65. The van der Waals surface area contributed by atoms with Gasteiger partial charge in [0.1, 0.15) is 9.84 Å². The molecule has 7 heteroatoms. The maximum absolute atomic E-state index is 11.6. The normalized spacial score (nSPS) is 13.7. The summed E-state index contributed by atoms with van der Waals surface area (Å²) in [6, 6.07) is -0.224. The summed E-state index contributed by atoms with van der Waals surface area (Å²) in [5, 5.41) is 7.60. The first kappa shape index (κ1) is 16.7. The van der Waals surface area contributed by atoms with Gasteiger partial charge in [0.05, 0.1) is 28.2 Å². The van der Waals surface area contributed by atoms with Crippen LogP contribution in [0.15, 0.2) is 10.7 Å². The SMILES string of the molecule is CCCNC(CS(C)(=O)=O)c1c(Br)cnn1CCC. The fourth-order valence-corrected chi connectivity index (χ4v) is 3.42. The van der Waals surface area contributed by atoms with Gasteiger partial charge in [-0.05, 0) is 35.3 Å². The van der Waals surface area contributed by atoms with Gasteiger partial charge in [-0.2, -0.15) is 5.10 Å². The Morgan fingerprint density at radius 1 is 1.42 bits per heavy atom. The van der Waals surface area contributed by atoms with Crippen LogP contribution in [0.4, 0.5) is 0 Å². The highest BCUT2D eigenvalue weighted by Crippen LogP contribution is 2.24. The molecule has 0 aromatic carbocycles. The maximum atomic E-state index is 11.6. The number of sulfone groups is 1. The summed E-state index contributed by atoms with van der Waals surface area (Å²) in [6.07, 6.45) is 4.91. The van der Waals surface area contributed by atoms with Gasteiger partial charge in [-0.1, -0.05) is 13.8 Å². The molecular formula is C12H22BrN3O2S. The smallest absolute Gasteiger partial charge is 0.149 e. The molecule has 0 bridgehead atoms. The molecule has 0 fully saturated rings. The Morgan fingerprint density at radius 2 is 2.11 bits per heavy atom. The van der Waals surface area contributed by atoms with Gasteiger partial charge in [-0.3, -0.25) is 4.68 Å². The molecule has 1 atom stereocenters. The molecule has 1 unspecified atom stereocenters. The predicted octanol–water partition coefficient (Wildman–Crippen LogP) is 2.14. The van der Waals surface area contributed by atoms with Crippen LogP contribution in [-0.4, -0.2) is 36.8 Å². The minimum absolute atomic E-state index is 0.0843. The van der Waals surface area contributed by atoms with E-state index in [9.17, 15) is 8.42 Å². The van der Waals surface area contributed by atoms with Crippen molar-refractivity contribution in [3.05, 3.63) is 16.4 Å². The monoisotopic (exact) mass is 351 g/mol. The summed E-state index contributed by atoms with van der Waals surface area (Å²) < 4.78 is 25.9. The number of halogens is 1. The lowest BCUT2D eigenvalue weighted by molar-refractivity contribution is 0.489. The van der Waals surface area contributed by atoms with E-state index in [0.717, 1.165) is 36.1 Å². The summed E-state index contributed by atoms with van der Waals surface area (Å²) >= 11 is 3.47. The summed E-state index contributed by atoms with van der Waals surface area (Å²) in [7, 11) is -3.05. The van der Waals surface area contributed by atoms with Crippen LogP contribution >= 0.6 is 15.9 Å². The van der Waals surface area contributed by atoms with E-state index in [1.165, 1.54) is 6.26 Å². The molecule has 5 nitrogen and oxygen atoms in total. The van der Waals surface area contributed by atoms with E-state index in [0.29, 0.717) is 0 Å². The molecule has 1 heterocycles. The van der Waals surface area contributed by atoms with Crippen molar-refractivity contribution in [1.82, 2.24) is 15.1 Å². The molecule has 0 aliphatic rings. The van der Waals surface area contributed by atoms with E-state index in [1.807, 2.05) is 4.68 Å². The van der Waals surface area contributed by atoms with Crippen LogP contribution in [0.1, 0.15) is 38.4 Å². The average molecular weight is 352 g/mol. The van der Waals surface area contributed by atoms with Gasteiger partial charge in [-0.15, -0.1) is 0 Å². The van der Waals surface area contributed by atoms with Crippen LogP contribution in [0, 0.1) is 0 Å². The fourth-order valence-electron chi connectivity index (χ4n) is 1.96. The first-order chi connectivity index (χ1) is 8.89. The largest absolute Gasteiger partial charge is 0.308 e. The van der Waals surface area contributed by atoms with Crippen LogP contribution in [-0.2, 0) is 16.4 Å². The molecule has 0 saturated heterocycles. The van der Waals surface area contributed by atoms with E-state index in [1.54, 1.807) is 6.20 Å². The fraction of sp³-hybridized carbons (Fsp3) is 0.750. The van der Waals surface area contributed by atoms with Crippen LogP contribution in [0.5, 0.6) is 0 Å². The highest BCUT2D eigenvalue weighted by atomic mass is 79.9. The quantitative estimate of drug-likeness (QED) is 0.779. The van der Waals surface area contributed by atoms with Crippen LogP contribution in [0.25, 0.3) is 0 Å². The van der Waals surface area contributed by atoms with Gasteiger partial charge in [0.15, 0.2) is 0 Å². The van der Waals surface area contributed by atoms with Crippen molar-refractivity contribution < 1.29 is 8.42 Å². The second kappa shape index (κ2) is 7.40. The molecule has 1 aromatic rings. The van der Waals surface area contributed by atoms with Gasteiger partial charge in [-0.25, -0.2) is 8.42 Å². The van der Waals surface area contributed by atoms with E-state index in [2.05, 4.69) is 40.2 Å². The van der Waals surface area contributed by atoms with Crippen LogP contribution < -0.4 is 5.32 Å². The molecule has 0 aliphatic heterocycles. The predicted molar refractivity (Wildman–Crippen MR) is 81.0 cm³/mol. The van der Waals surface area contributed by atoms with Crippen molar-refractivity contribution in [3.8, 4) is 0 Å². The van der Waals surface area contributed by atoms with Crippen molar-refractivity contribution in [2.75, 3.05) is 18.6 Å². The Labute approximate surface area is 123 Å². The van der Waals surface area contributed by atoms with Crippen molar-refractivity contribution in [1.29, 1.82) is 0 Å². The van der Waals surface area contributed by atoms with Crippen LogP contribution in [0.3, 0.4) is 0 Å². The minimum atomic E-state index is -3.05. The lowest BCUT2D eigenvalue weighted by atomic mass is 10.2. The Kier molecular flexibility index (Phi) is 6.49. The number of aryl methyl sites for hydroxylation is 1. The molecule has 1 N–H and O–H groups in total. The Bertz CT molecular complexity index is 499. The number of rotatable bonds is 8. The summed E-state index contributed by atoms with van der Waals surface area (Å²) in [6.45, 7) is 5.70. The lowest BCUT2D eigenvalue weighted by Gasteiger charge is -2.19. The second-order valence-corrected chi connectivity index (χ2v) is 7.74. The Hall–Kier alpha value is -0.400. The third-order valence-electron chi connectivity index (χ3n) is 2.71. The van der Waals surface area contributed by atoms with Gasteiger partial charge < -0.3 is 5.32 Å². The third-order valence-corrected chi connectivity index (χ3v) is 4.26. The van der Waals surface area contributed by atoms with Gasteiger partial charge in [0.2, 0.25) is 0 Å². The van der Waals surface area contributed by atoms with E-state index in [-0.39, 0.29) is 11.8 Å². The van der Waals surface area contributed by atoms with E-state index in [4.69, 9.17) is 0 Å². The molecule has 0 spiro atoms. The number of aromatic nitrogens is 2. The van der Waals surface area contributed by atoms with Gasteiger partial charge in [0, 0.05) is 12.8 Å². The van der Waals surface area contributed by atoms with Crippen molar-refractivity contribution in [2.24, 2.45) is 0 Å². The zero-order valence-corrected chi connectivity index (χ0v) is 14.1.